The van der Waals surface area contributed by atoms with E-state index >= 15 is 0 Å². The topological polar surface area (TPSA) is 35.2 Å². The zero-order valence-electron chi connectivity index (χ0n) is 6.68. The van der Waals surface area contributed by atoms with Crippen LogP contribution >= 0.6 is 0 Å². The summed E-state index contributed by atoms with van der Waals surface area (Å²) in [6.45, 7) is 2.22. The molecule has 1 heterocycles. The lowest BCUT2D eigenvalue weighted by Gasteiger charge is -2.24. The molecule has 1 aliphatic rings. The number of hydrogen-bond donors (Lipinski definition) is 1. The highest BCUT2D eigenvalue weighted by Crippen LogP contribution is 1.96. The van der Waals surface area contributed by atoms with Crippen LogP contribution in [0.1, 0.15) is 13.3 Å². The number of rotatable bonds is 2. The average molecular weight is 208 g/mol. The molecule has 0 amide bonds. The number of hydrogen-bond acceptors (Lipinski definition) is 2. The maximum atomic E-state index is 6.00. The molecule has 0 bridgehead atoms. The fraction of sp³-hybridized carbons (Fsp3) is 1.00. The molecule has 1 fully saturated rings. The Kier molecular flexibility index (Phi) is 4.10. The first-order valence-electron chi connectivity index (χ1n) is 4.18. The summed E-state index contributed by atoms with van der Waals surface area (Å²) in [6.07, 6.45) is 2.39. The first kappa shape index (κ1) is 8.88. The Morgan fingerprint density at radius 1 is 1.80 bits per heavy atom. The molecule has 0 spiro atoms. The molecule has 2 unspecified atom stereocenters. The van der Waals surface area contributed by atoms with Crippen LogP contribution in [0.25, 0.3) is 0 Å². The monoisotopic (exact) mass is 207 g/mol. The average Bonchev–Trinajstić information content (AvgIpc) is 2.05. The minimum Gasteiger partial charge on any atom is -0.432 e. The third-order valence-corrected chi connectivity index (χ3v) is 38.7. The molecule has 0 aromatic heterocycles. The molecule has 0 aliphatic carbocycles. The van der Waals surface area contributed by atoms with Crippen LogP contribution in [0.2, 0.25) is 0 Å². The van der Waals surface area contributed by atoms with E-state index in [1.165, 1.54) is 12.7 Å². The van der Waals surface area contributed by atoms with E-state index in [9.17, 15) is 0 Å². The van der Waals surface area contributed by atoms with Crippen LogP contribution in [0.4, 0.5) is 0 Å². The van der Waals surface area contributed by atoms with Crippen molar-refractivity contribution in [3.63, 3.8) is 0 Å². The van der Waals surface area contributed by atoms with E-state index in [2.05, 4.69) is 6.92 Å². The van der Waals surface area contributed by atoms with Gasteiger partial charge in [0.05, 0.1) is 8.31 Å². The van der Waals surface area contributed by atoms with Crippen LogP contribution in [-0.2, 0) is 4.43 Å². The lowest BCUT2D eigenvalue weighted by atomic mass is 10.5. The van der Waals surface area contributed by atoms with Crippen LogP contribution in [0.3, 0.4) is 0 Å². The Morgan fingerprint density at radius 2 is 2.60 bits per heavy atom. The van der Waals surface area contributed by atoms with Crippen LogP contribution < -0.4 is 5.73 Å². The first-order valence-corrected chi connectivity index (χ1v) is 17.5. The van der Waals surface area contributed by atoms with Gasteiger partial charge in [0.25, 0.3) is 0 Å². The van der Waals surface area contributed by atoms with Gasteiger partial charge in [0, 0.05) is 23.3 Å². The highest BCUT2D eigenvalue weighted by atomic mass is 29.7. The molecule has 2 nitrogen and oxygen atoms in total. The third kappa shape index (κ3) is 2.44. The van der Waals surface area contributed by atoms with Crippen LogP contribution in [-0.4, -0.2) is 46.6 Å². The van der Waals surface area contributed by atoms with E-state index < -0.39 is 8.31 Å². The van der Waals surface area contributed by atoms with E-state index in [1.54, 1.807) is 0 Å². The summed E-state index contributed by atoms with van der Waals surface area (Å²) >= 11 is 0. The van der Waals surface area contributed by atoms with Gasteiger partial charge in [0.15, 0.2) is 0 Å². The molecule has 6 heteroatoms. The van der Waals surface area contributed by atoms with Crippen molar-refractivity contribution in [1.82, 2.24) is 0 Å². The standard InChI is InChI=1S/C4H17NOSi4/c1-2-4(5)10-3-6-7-8-9-10/h4,10H,2-3,5,7-9H2,1H3. The lowest BCUT2D eigenvalue weighted by molar-refractivity contribution is 0.414. The van der Waals surface area contributed by atoms with E-state index in [0.29, 0.717) is 22.8 Å². The summed E-state index contributed by atoms with van der Waals surface area (Å²) in [5, 5.41) is 0. The van der Waals surface area contributed by atoms with Crippen molar-refractivity contribution in [2.75, 3.05) is 6.23 Å². The molecule has 1 saturated heterocycles. The van der Waals surface area contributed by atoms with Gasteiger partial charge in [0.1, 0.15) is 9.28 Å². The van der Waals surface area contributed by atoms with Crippen LogP contribution in [0, 0.1) is 0 Å². The summed E-state index contributed by atoms with van der Waals surface area (Å²) in [5.74, 6) is 0. The predicted molar refractivity (Wildman–Crippen MR) is 57.0 cm³/mol. The van der Waals surface area contributed by atoms with Crippen molar-refractivity contribution >= 4 is 34.7 Å². The zero-order chi connectivity index (χ0) is 7.40. The SMILES string of the molecule is CCC(N)[SiH]1CO[SiH2][SiH2][SiH2]1. The Hall–Kier alpha value is 0.788. The quantitative estimate of drug-likeness (QED) is 0.485. The second-order valence-electron chi connectivity index (χ2n) is 3.05. The second kappa shape index (κ2) is 4.62. The molecule has 10 heavy (non-hydrogen) atoms. The Morgan fingerprint density at radius 3 is 3.10 bits per heavy atom. The molecule has 0 aromatic rings. The Labute approximate surface area is 70.5 Å². The van der Waals surface area contributed by atoms with Crippen molar-refractivity contribution in [3.05, 3.63) is 0 Å². The summed E-state index contributed by atoms with van der Waals surface area (Å²) in [7, 11) is 0.587. The van der Waals surface area contributed by atoms with Crippen molar-refractivity contribution in [2.45, 2.75) is 19.0 Å². The zero-order valence-corrected chi connectivity index (χ0v) is 12.1. The van der Waals surface area contributed by atoms with Gasteiger partial charge in [-0.3, -0.25) is 0 Å². The summed E-state index contributed by atoms with van der Waals surface area (Å²) < 4.78 is 5.62. The van der Waals surface area contributed by atoms with Gasteiger partial charge >= 0.3 is 0 Å². The highest BCUT2D eigenvalue weighted by molar-refractivity contribution is 7.49. The van der Waals surface area contributed by atoms with Gasteiger partial charge in [-0.2, -0.15) is 0 Å². The van der Waals surface area contributed by atoms with Crippen molar-refractivity contribution in [1.29, 1.82) is 0 Å². The molecule has 2 atom stereocenters. The maximum absolute atomic E-state index is 6.00. The minimum atomic E-state index is -0.429. The van der Waals surface area contributed by atoms with Gasteiger partial charge in [-0.05, 0) is 12.1 Å². The molecule has 0 saturated carbocycles. The third-order valence-electron chi connectivity index (χ3n) is 2.27. The minimum absolute atomic E-state index is 0.117. The second-order valence-corrected chi connectivity index (χ2v) is 27.6. The van der Waals surface area contributed by atoms with Gasteiger partial charge in [0.2, 0.25) is 0 Å². The molecule has 1 rings (SSSR count). The van der Waals surface area contributed by atoms with E-state index in [0.717, 1.165) is 0 Å². The Bertz CT molecular complexity index is 97.3. The molecular formula is C4H17NOSi4. The molecule has 1 aliphatic heterocycles. The van der Waals surface area contributed by atoms with E-state index in [1.807, 2.05) is 0 Å². The fourth-order valence-electron chi connectivity index (χ4n) is 1.44. The van der Waals surface area contributed by atoms with Gasteiger partial charge < -0.3 is 10.2 Å². The summed E-state index contributed by atoms with van der Waals surface area (Å²) in [5.41, 5.74) is 6.62. The summed E-state index contributed by atoms with van der Waals surface area (Å²) in [6, 6.07) is 0. The fourth-order valence-corrected chi connectivity index (χ4v) is 46.3. The van der Waals surface area contributed by atoms with Gasteiger partial charge in [-0.25, -0.2) is 0 Å². The summed E-state index contributed by atoms with van der Waals surface area (Å²) in [4.78, 5) is 0. The Balaban J connectivity index is 2.24. The first-order chi connectivity index (χ1) is 4.84. The van der Waals surface area contributed by atoms with Crippen molar-refractivity contribution in [3.8, 4) is 0 Å². The lowest BCUT2D eigenvalue weighted by Crippen LogP contribution is -2.53. The van der Waals surface area contributed by atoms with Crippen LogP contribution in [0.5, 0.6) is 0 Å². The van der Waals surface area contributed by atoms with Gasteiger partial charge in [-0.1, -0.05) is 6.92 Å². The molecule has 60 valence electrons. The smallest absolute Gasteiger partial charge is 0.139 e. The van der Waals surface area contributed by atoms with Crippen LogP contribution in [0.15, 0.2) is 0 Å². The molecule has 0 radical (unpaired) electrons. The molecular weight excluding hydrogens is 190 g/mol. The van der Waals surface area contributed by atoms with Gasteiger partial charge in [-0.15, -0.1) is 0 Å². The maximum Gasteiger partial charge on any atom is 0.139 e. The highest BCUT2D eigenvalue weighted by Gasteiger charge is 2.21. The van der Waals surface area contributed by atoms with E-state index in [4.69, 9.17) is 10.2 Å². The van der Waals surface area contributed by atoms with Crippen molar-refractivity contribution < 1.29 is 4.43 Å². The largest absolute Gasteiger partial charge is 0.432 e. The van der Waals surface area contributed by atoms with Crippen molar-refractivity contribution in [2.24, 2.45) is 5.73 Å². The molecule has 0 aromatic carbocycles. The normalized spacial score (nSPS) is 37.2. The number of nitrogens with two attached hydrogens (primary N) is 1. The van der Waals surface area contributed by atoms with E-state index in [-0.39, 0.29) is 9.28 Å². The predicted octanol–water partition coefficient (Wildman–Crippen LogP) is -3.19. The molecule has 2 N–H and O–H groups in total.